The maximum absolute atomic E-state index is 10.3. The second-order valence-electron chi connectivity index (χ2n) is 8.83. The summed E-state index contributed by atoms with van der Waals surface area (Å²) in [7, 11) is 12.4. The van der Waals surface area contributed by atoms with E-state index < -0.39 is 11.9 Å². The highest BCUT2D eigenvalue weighted by atomic mass is 16.5. The first kappa shape index (κ1) is 31.2. The first-order valence-electron chi connectivity index (χ1n) is 9.85. The van der Waals surface area contributed by atoms with Crippen molar-refractivity contribution in [2.24, 2.45) is 0 Å². The van der Waals surface area contributed by atoms with Crippen molar-refractivity contribution in [2.75, 3.05) is 68.6 Å². The van der Waals surface area contributed by atoms with Crippen molar-refractivity contribution in [3.8, 4) is 0 Å². The monoisotopic (exact) mass is 456 g/mol. The van der Waals surface area contributed by atoms with Crippen LogP contribution in [0.1, 0.15) is 34.6 Å². The Balaban J connectivity index is 0. The fraction of sp³-hybridized carbons (Fsp3) is 0.545. The summed E-state index contributed by atoms with van der Waals surface area (Å²) in [5.74, 6) is -3.44. The van der Waals surface area contributed by atoms with Crippen LogP contribution < -0.4 is 10.2 Å². The summed E-state index contributed by atoms with van der Waals surface area (Å²) >= 11 is 0. The molecule has 0 amide bonds. The molecule has 0 N–H and O–H groups in total. The van der Waals surface area contributed by atoms with Gasteiger partial charge in [-0.1, -0.05) is 24.3 Å². The van der Waals surface area contributed by atoms with Crippen LogP contribution in [0.25, 0.3) is 0 Å². The zero-order chi connectivity index (χ0) is 25.5. The summed E-state index contributed by atoms with van der Waals surface area (Å²) in [5.41, 5.74) is -0.727. The number of hydrogen-bond acceptors (Lipinski definition) is 8. The average Bonchev–Trinajstić information content (AvgIpc) is 2.59. The van der Waals surface area contributed by atoms with Gasteiger partial charge in [-0.25, -0.2) is 0 Å². The van der Waals surface area contributed by atoms with Gasteiger partial charge in [0.15, 0.2) is 0 Å². The largest absolute Gasteiger partial charge is 0.545 e. The fourth-order valence-corrected chi connectivity index (χ4v) is 1.77. The van der Waals surface area contributed by atoms with E-state index in [4.69, 9.17) is 9.47 Å². The number of carbonyl (C=O) groups excluding carboxylic acids is 4. The number of ether oxygens (including phenoxy) is 2. The number of likely N-dealkylation sites (N-methyl/N-ethyl adjacent to an activating group) is 2. The van der Waals surface area contributed by atoms with Crippen LogP contribution in [0, 0.1) is 0 Å². The van der Waals surface area contributed by atoms with Crippen LogP contribution in [-0.4, -0.2) is 101 Å². The lowest BCUT2D eigenvalue weighted by Crippen LogP contribution is -2.37. The molecule has 0 aliphatic rings. The Morgan fingerprint density at radius 3 is 1.16 bits per heavy atom. The van der Waals surface area contributed by atoms with Crippen LogP contribution in [0.3, 0.4) is 0 Å². The second kappa shape index (κ2) is 14.9. The van der Waals surface area contributed by atoms with E-state index in [1.54, 1.807) is 0 Å². The number of aromatic carboxylic acids is 2. The molecule has 1 aromatic carbocycles. The molecule has 1 rings (SSSR count). The molecule has 0 spiro atoms. The summed E-state index contributed by atoms with van der Waals surface area (Å²) in [4.78, 5) is 41.2. The van der Waals surface area contributed by atoms with Gasteiger partial charge < -0.3 is 38.2 Å². The number of quaternary nitrogens is 2. The topological polar surface area (TPSA) is 133 Å². The van der Waals surface area contributed by atoms with Crippen molar-refractivity contribution < 1.29 is 47.8 Å². The number of carbonyl (C=O) groups is 4. The van der Waals surface area contributed by atoms with Gasteiger partial charge in [0.2, 0.25) is 0 Å². The minimum atomic E-state index is -1.52. The number of hydrogen-bond donors (Lipinski definition) is 0. The van der Waals surface area contributed by atoms with Crippen LogP contribution in [-0.2, 0) is 19.1 Å². The van der Waals surface area contributed by atoms with Crippen LogP contribution >= 0.6 is 0 Å². The van der Waals surface area contributed by atoms with Crippen LogP contribution in [0.15, 0.2) is 24.3 Å². The third kappa shape index (κ3) is 20.3. The number of carboxylic acid groups (broad SMARTS) is 2. The van der Waals surface area contributed by atoms with Gasteiger partial charge in [-0.05, 0) is 0 Å². The van der Waals surface area contributed by atoms with E-state index >= 15 is 0 Å². The molecule has 0 bridgehead atoms. The first-order valence-corrected chi connectivity index (χ1v) is 9.85. The van der Waals surface area contributed by atoms with Gasteiger partial charge in [0, 0.05) is 25.0 Å². The predicted molar refractivity (Wildman–Crippen MR) is 114 cm³/mol. The van der Waals surface area contributed by atoms with Gasteiger partial charge in [0.25, 0.3) is 0 Å². The normalized spacial score (nSPS) is 10.5. The highest BCUT2D eigenvalue weighted by Gasteiger charge is 2.07. The summed E-state index contributed by atoms with van der Waals surface area (Å²) in [5, 5.41) is 20.6. The molecule has 0 aromatic heterocycles. The van der Waals surface area contributed by atoms with Crippen LogP contribution in [0.2, 0.25) is 0 Å². The molecule has 182 valence electrons. The van der Waals surface area contributed by atoms with Crippen molar-refractivity contribution in [3.05, 3.63) is 35.4 Å². The number of benzene rings is 1. The van der Waals surface area contributed by atoms with Crippen molar-refractivity contribution in [1.29, 1.82) is 0 Å². The molecular formula is C22H36N2O8. The Kier molecular flexibility index (Phi) is 14.6. The summed E-state index contributed by atoms with van der Waals surface area (Å²) in [6.45, 7) is 5.60. The Labute approximate surface area is 190 Å². The zero-order valence-corrected chi connectivity index (χ0v) is 20.3. The molecule has 32 heavy (non-hydrogen) atoms. The van der Waals surface area contributed by atoms with Crippen LogP contribution in [0.5, 0.6) is 0 Å². The quantitative estimate of drug-likeness (QED) is 0.357. The van der Waals surface area contributed by atoms with Gasteiger partial charge in [0.05, 0.1) is 54.2 Å². The van der Waals surface area contributed by atoms with Crippen molar-refractivity contribution >= 4 is 23.9 Å². The summed E-state index contributed by atoms with van der Waals surface area (Å²) in [6.07, 6.45) is 0. The number of esters is 2. The molecule has 1 aromatic rings. The minimum Gasteiger partial charge on any atom is -0.545 e. The maximum atomic E-state index is 10.3. The van der Waals surface area contributed by atoms with Crippen molar-refractivity contribution in [2.45, 2.75) is 13.8 Å². The highest BCUT2D eigenvalue weighted by Crippen LogP contribution is 2.05. The Morgan fingerprint density at radius 2 is 0.969 bits per heavy atom. The third-order valence-corrected chi connectivity index (χ3v) is 3.50. The fourth-order valence-electron chi connectivity index (χ4n) is 1.77. The average molecular weight is 457 g/mol. The number of carboxylic acids is 2. The second-order valence-corrected chi connectivity index (χ2v) is 8.83. The van der Waals surface area contributed by atoms with E-state index in [1.807, 2.05) is 0 Å². The van der Waals surface area contributed by atoms with Gasteiger partial charge >= 0.3 is 11.9 Å². The van der Waals surface area contributed by atoms with E-state index in [2.05, 4.69) is 42.3 Å². The Hall–Kier alpha value is -2.98. The first-order chi connectivity index (χ1) is 14.5. The van der Waals surface area contributed by atoms with Gasteiger partial charge in [-0.15, -0.1) is 0 Å². The number of rotatable bonds is 8. The Bertz CT molecular complexity index is 686. The smallest absolute Gasteiger partial charge is 0.302 e. The van der Waals surface area contributed by atoms with Gasteiger partial charge in [0.1, 0.15) is 26.3 Å². The van der Waals surface area contributed by atoms with Crippen LogP contribution in [0.4, 0.5) is 0 Å². The third-order valence-electron chi connectivity index (χ3n) is 3.50. The predicted octanol–water partition coefficient (Wildman–Crippen LogP) is -1.07. The molecule has 0 heterocycles. The lowest BCUT2D eigenvalue weighted by atomic mass is 10.1. The van der Waals surface area contributed by atoms with E-state index in [-0.39, 0.29) is 23.1 Å². The molecule has 0 fully saturated rings. The van der Waals surface area contributed by atoms with E-state index in [0.717, 1.165) is 34.2 Å². The molecule has 10 heteroatoms. The minimum absolute atomic E-state index is 0.201. The molecule has 0 unspecified atom stereocenters. The molecule has 10 nitrogen and oxygen atoms in total. The van der Waals surface area contributed by atoms with Crippen molar-refractivity contribution in [3.63, 3.8) is 0 Å². The summed E-state index contributed by atoms with van der Waals surface area (Å²) < 4.78 is 11.2. The molecule has 0 saturated heterocycles. The Morgan fingerprint density at radius 1 is 0.688 bits per heavy atom. The van der Waals surface area contributed by atoms with E-state index in [1.165, 1.54) is 26.0 Å². The SMILES string of the molecule is CC(=O)OCC[N+](C)(C)C.CC(=O)OCC[N+](C)(C)C.O=C([O-])c1ccccc1C(=O)[O-]. The van der Waals surface area contributed by atoms with Gasteiger partial charge in [-0.3, -0.25) is 9.59 Å². The van der Waals surface area contributed by atoms with Gasteiger partial charge in [-0.2, -0.15) is 0 Å². The molecule has 0 saturated carbocycles. The lowest BCUT2D eigenvalue weighted by Gasteiger charge is -2.23. The number of nitrogens with zero attached hydrogens (tertiary/aromatic N) is 2. The molecule has 0 aliphatic carbocycles. The van der Waals surface area contributed by atoms with Crippen molar-refractivity contribution in [1.82, 2.24) is 0 Å². The molecular weight excluding hydrogens is 420 g/mol. The zero-order valence-electron chi connectivity index (χ0n) is 20.3. The molecule has 0 atom stereocenters. The summed E-state index contributed by atoms with van der Waals surface area (Å²) in [6, 6.07) is 5.14. The molecule has 0 radical (unpaired) electrons. The van der Waals surface area contributed by atoms with E-state index in [0.29, 0.717) is 13.2 Å². The highest BCUT2D eigenvalue weighted by molar-refractivity contribution is 5.99. The maximum Gasteiger partial charge on any atom is 0.302 e. The molecule has 0 aliphatic heterocycles. The standard InChI is InChI=1S/C8H6O4.2C7H16NO2/c9-7(10)5-3-1-2-4-6(5)8(11)12;2*1-7(9)10-6-5-8(2,3)4/h1-4H,(H,9,10)(H,11,12);2*5-6H2,1-4H3/q;2*+1/p-2. The lowest BCUT2D eigenvalue weighted by molar-refractivity contribution is -0.870. The van der Waals surface area contributed by atoms with E-state index in [9.17, 15) is 29.4 Å².